The van der Waals surface area contributed by atoms with Crippen LogP contribution in [0.25, 0.3) is 0 Å². The Morgan fingerprint density at radius 1 is 0.604 bits per heavy atom. The topological polar surface area (TPSA) is 174 Å². The van der Waals surface area contributed by atoms with E-state index in [-0.39, 0.29) is 78.9 Å². The van der Waals surface area contributed by atoms with Crippen molar-refractivity contribution in [2.75, 3.05) is 14.2 Å². The molecule has 2 aliphatic rings. The molecule has 0 saturated heterocycles. The van der Waals surface area contributed by atoms with E-state index in [4.69, 9.17) is 32.7 Å². The third kappa shape index (κ3) is 5.11. The maximum absolute atomic E-state index is 14.2. The van der Waals surface area contributed by atoms with Gasteiger partial charge in [0, 0.05) is 11.8 Å². The summed E-state index contributed by atoms with van der Waals surface area (Å²) in [6.07, 6.45) is -1.40. The highest BCUT2D eigenvalue weighted by Gasteiger charge is 2.47. The average molecular weight is 696 g/mol. The summed E-state index contributed by atoms with van der Waals surface area (Å²) in [5.74, 6) is -5.44. The first kappa shape index (κ1) is 33.4. The zero-order chi connectivity index (χ0) is 34.9. The van der Waals surface area contributed by atoms with Crippen LogP contribution in [0.5, 0.6) is 34.5 Å². The van der Waals surface area contributed by atoms with Gasteiger partial charge in [-0.2, -0.15) is 0 Å². The van der Waals surface area contributed by atoms with Crippen LogP contribution in [0, 0.1) is 0 Å². The van der Waals surface area contributed by atoms with E-state index in [9.17, 15) is 40.2 Å². The highest BCUT2D eigenvalue weighted by molar-refractivity contribution is 6.35. The standard InChI is InChI=1S/C36H32Cl2O10/c1-13(39)5-15-7-17-25(19-11-23(47-3)31(37)35(45)29(19)33(43)27(17)21(41)9-15)26-18-8-16(6-14(2)40)10-22(42)28(18)34(44)30-20(26)12-24(48-4)32(38)36(30)46/h7-14,25-26,39-42,45-46H,5-6H2,1-4H3/t13-,14-,25+,26+/m0/s1. The van der Waals surface area contributed by atoms with Gasteiger partial charge in [-0.1, -0.05) is 35.3 Å². The number of carbonyl (C=O) groups is 2. The number of ketones is 2. The summed E-state index contributed by atoms with van der Waals surface area (Å²) in [6, 6.07) is 9.02. The Morgan fingerprint density at radius 3 is 1.25 bits per heavy atom. The van der Waals surface area contributed by atoms with Crippen LogP contribution in [0.1, 0.15) is 90.9 Å². The van der Waals surface area contributed by atoms with Gasteiger partial charge < -0.3 is 40.1 Å². The van der Waals surface area contributed by atoms with Gasteiger partial charge in [-0.05, 0) is 84.3 Å². The van der Waals surface area contributed by atoms with Gasteiger partial charge in [0.1, 0.15) is 44.5 Å². The molecule has 2 aliphatic carbocycles. The molecular weight excluding hydrogens is 663 g/mol. The van der Waals surface area contributed by atoms with Gasteiger partial charge in [0.25, 0.3) is 0 Å². The number of halogens is 2. The monoisotopic (exact) mass is 694 g/mol. The summed E-state index contributed by atoms with van der Waals surface area (Å²) in [6.45, 7) is 3.15. The van der Waals surface area contributed by atoms with Crippen LogP contribution in [0.15, 0.2) is 36.4 Å². The Labute approximate surface area is 285 Å². The second-order valence-electron chi connectivity index (χ2n) is 12.3. The number of aromatic hydroxyl groups is 4. The van der Waals surface area contributed by atoms with E-state index >= 15 is 0 Å². The lowest BCUT2D eigenvalue weighted by Crippen LogP contribution is -2.30. The van der Waals surface area contributed by atoms with Gasteiger partial charge in [-0.15, -0.1) is 0 Å². The third-order valence-corrected chi connectivity index (χ3v) is 9.70. The normalized spacial score (nSPS) is 17.6. The number of carbonyl (C=O) groups excluding carboxylic acids is 2. The van der Waals surface area contributed by atoms with Crippen LogP contribution in [-0.2, 0) is 12.8 Å². The lowest BCUT2D eigenvalue weighted by atomic mass is 9.63. The van der Waals surface area contributed by atoms with Crippen LogP contribution in [0.4, 0.5) is 0 Å². The molecule has 6 rings (SSSR count). The van der Waals surface area contributed by atoms with Crippen molar-refractivity contribution in [3.05, 3.63) is 102 Å². The smallest absolute Gasteiger partial charge is 0.201 e. The molecule has 0 aromatic heterocycles. The summed E-state index contributed by atoms with van der Waals surface area (Å²) < 4.78 is 11.0. The summed E-state index contributed by atoms with van der Waals surface area (Å²) in [4.78, 5) is 28.3. The lowest BCUT2D eigenvalue weighted by Gasteiger charge is -2.39. The summed E-state index contributed by atoms with van der Waals surface area (Å²) in [5.41, 5.74) is 1.23. The highest BCUT2D eigenvalue weighted by Crippen LogP contribution is 2.59. The van der Waals surface area contributed by atoms with E-state index in [0.29, 0.717) is 11.1 Å². The van der Waals surface area contributed by atoms with E-state index in [1.165, 1.54) is 38.5 Å². The predicted octanol–water partition coefficient (Wildman–Crippen LogP) is 5.73. The third-order valence-electron chi connectivity index (χ3n) is 8.97. The number of hydrogen-bond donors (Lipinski definition) is 6. The van der Waals surface area contributed by atoms with E-state index in [1.807, 2.05) is 0 Å². The second-order valence-corrected chi connectivity index (χ2v) is 13.0. The summed E-state index contributed by atoms with van der Waals surface area (Å²) in [7, 11) is 2.67. The molecule has 12 heteroatoms. The Balaban J connectivity index is 1.81. The number of ether oxygens (including phenoxy) is 2. The molecule has 0 radical (unpaired) electrons. The lowest BCUT2D eigenvalue weighted by molar-refractivity contribution is 0.101. The van der Waals surface area contributed by atoms with Crippen molar-refractivity contribution in [3.63, 3.8) is 0 Å². The molecule has 0 bridgehead atoms. The first-order valence-electron chi connectivity index (χ1n) is 15.1. The van der Waals surface area contributed by atoms with Crippen molar-refractivity contribution in [2.24, 2.45) is 0 Å². The number of benzene rings is 4. The minimum atomic E-state index is -1.03. The van der Waals surface area contributed by atoms with E-state index in [1.54, 1.807) is 26.0 Å². The highest BCUT2D eigenvalue weighted by atomic mass is 35.5. The molecular formula is C36H32Cl2O10. The molecule has 0 saturated carbocycles. The number of hydrogen-bond acceptors (Lipinski definition) is 10. The number of rotatable bonds is 7. The fourth-order valence-corrected chi connectivity index (χ4v) is 7.62. The summed E-state index contributed by atoms with van der Waals surface area (Å²) in [5, 5.41) is 65.5. The van der Waals surface area contributed by atoms with E-state index in [0.717, 1.165) is 0 Å². The van der Waals surface area contributed by atoms with E-state index in [2.05, 4.69) is 0 Å². The molecule has 6 N–H and O–H groups in total. The van der Waals surface area contributed by atoms with Crippen LogP contribution in [0.3, 0.4) is 0 Å². The first-order valence-corrected chi connectivity index (χ1v) is 15.8. The Bertz CT molecular complexity index is 1890. The molecule has 0 fully saturated rings. The molecule has 4 aromatic rings. The quantitative estimate of drug-likeness (QED) is 0.140. The SMILES string of the molecule is COc1cc2c(c(O)c1Cl)C(=O)c1c(O)cc(C[C@H](C)O)cc1[C@H]2[C@@H]1c2cc(C[C@H](C)O)cc(O)c2C(=O)c2c1cc(OC)c(Cl)c2O. The molecule has 0 heterocycles. The van der Waals surface area contributed by atoms with Crippen molar-refractivity contribution in [1.29, 1.82) is 0 Å². The van der Waals surface area contributed by atoms with Gasteiger partial charge in [-0.3, -0.25) is 9.59 Å². The zero-order valence-corrected chi connectivity index (χ0v) is 27.8. The molecule has 0 spiro atoms. The second kappa shape index (κ2) is 12.2. The van der Waals surface area contributed by atoms with Gasteiger partial charge in [0.2, 0.25) is 11.6 Å². The minimum Gasteiger partial charge on any atom is -0.507 e. The van der Waals surface area contributed by atoms with Crippen LogP contribution in [-0.4, -0.2) is 68.6 Å². The fraction of sp³-hybridized carbons (Fsp3) is 0.278. The van der Waals surface area contributed by atoms with Gasteiger partial charge in [0.05, 0.1) is 48.7 Å². The zero-order valence-electron chi connectivity index (χ0n) is 26.3. The Morgan fingerprint density at radius 2 is 0.938 bits per heavy atom. The first-order chi connectivity index (χ1) is 22.7. The van der Waals surface area contributed by atoms with Gasteiger partial charge in [-0.25, -0.2) is 0 Å². The van der Waals surface area contributed by atoms with Crippen LogP contribution >= 0.6 is 23.2 Å². The number of phenols is 4. The maximum atomic E-state index is 14.2. The number of aliphatic hydroxyl groups is 2. The molecule has 10 nitrogen and oxygen atoms in total. The fourth-order valence-electron chi connectivity index (χ4n) is 7.17. The summed E-state index contributed by atoms with van der Waals surface area (Å²) >= 11 is 12.9. The predicted molar refractivity (Wildman–Crippen MR) is 177 cm³/mol. The largest absolute Gasteiger partial charge is 0.507 e. The molecule has 0 unspecified atom stereocenters. The molecule has 0 aliphatic heterocycles. The van der Waals surface area contributed by atoms with Crippen LogP contribution < -0.4 is 9.47 Å². The van der Waals surface area contributed by atoms with Crippen molar-refractivity contribution in [2.45, 2.75) is 50.7 Å². The van der Waals surface area contributed by atoms with Gasteiger partial charge in [0.15, 0.2) is 0 Å². The Kier molecular flexibility index (Phi) is 8.49. The molecule has 4 atom stereocenters. The van der Waals surface area contributed by atoms with Crippen LogP contribution in [0.2, 0.25) is 10.0 Å². The molecule has 250 valence electrons. The number of fused-ring (bicyclic) bond motifs is 4. The number of methoxy groups -OCH3 is 2. The van der Waals surface area contributed by atoms with E-state index < -0.39 is 58.6 Å². The molecule has 48 heavy (non-hydrogen) atoms. The molecule has 0 amide bonds. The van der Waals surface area contributed by atoms with Crippen molar-refractivity contribution in [1.82, 2.24) is 0 Å². The van der Waals surface area contributed by atoms with Crippen molar-refractivity contribution in [3.8, 4) is 34.5 Å². The van der Waals surface area contributed by atoms with Gasteiger partial charge >= 0.3 is 0 Å². The average Bonchev–Trinajstić information content (AvgIpc) is 3.00. The molecule has 4 aromatic carbocycles. The number of phenolic OH excluding ortho intramolecular Hbond substituents is 4. The van der Waals surface area contributed by atoms with Crippen molar-refractivity contribution < 1.29 is 49.7 Å². The number of aliphatic hydroxyl groups excluding tert-OH is 2. The minimum absolute atomic E-state index is 0.0353. The Hall–Kier alpha value is -4.48. The van der Waals surface area contributed by atoms with Crippen molar-refractivity contribution >= 4 is 34.8 Å². The maximum Gasteiger partial charge on any atom is 0.201 e.